The maximum Gasteiger partial charge on any atom is 0.115 e. The van der Waals surface area contributed by atoms with E-state index < -0.39 is 0 Å². The summed E-state index contributed by atoms with van der Waals surface area (Å²) in [7, 11) is 1.99. The summed E-state index contributed by atoms with van der Waals surface area (Å²) < 4.78 is 0. The molecule has 0 aliphatic rings. The molecule has 3 nitrogen and oxygen atoms in total. The van der Waals surface area contributed by atoms with Gasteiger partial charge in [0, 0.05) is 24.0 Å². The van der Waals surface area contributed by atoms with Gasteiger partial charge in [0.15, 0.2) is 0 Å². The molecular formula is C11H19N3. The molecule has 1 N–H and O–H groups in total. The Balaban J connectivity index is 2.71. The van der Waals surface area contributed by atoms with E-state index in [4.69, 9.17) is 0 Å². The maximum absolute atomic E-state index is 4.04. The molecule has 0 amide bonds. The molecular weight excluding hydrogens is 174 g/mol. The Labute approximate surface area is 86.0 Å². The highest BCUT2D eigenvalue weighted by molar-refractivity contribution is 5.09. The van der Waals surface area contributed by atoms with Gasteiger partial charge in [0.1, 0.15) is 6.33 Å². The van der Waals surface area contributed by atoms with Crippen molar-refractivity contribution in [1.29, 1.82) is 0 Å². The van der Waals surface area contributed by atoms with Crippen LogP contribution in [0.1, 0.15) is 38.3 Å². The van der Waals surface area contributed by atoms with E-state index in [1.807, 2.05) is 19.4 Å². The standard InChI is InChI=1S/C11H19N3/c1-4-5-9(2)11(12-3)10-6-13-8-14-7-10/h6-9,11-12H,4-5H2,1-3H3. The predicted octanol–water partition coefficient (Wildman–Crippen LogP) is 2.17. The summed E-state index contributed by atoms with van der Waals surface area (Å²) in [5.74, 6) is 0.621. The highest BCUT2D eigenvalue weighted by Gasteiger charge is 2.16. The fourth-order valence-corrected chi connectivity index (χ4v) is 1.87. The van der Waals surface area contributed by atoms with Crippen LogP contribution in [0.2, 0.25) is 0 Å². The first-order chi connectivity index (χ1) is 6.79. The molecule has 3 heteroatoms. The largest absolute Gasteiger partial charge is 0.313 e. The highest BCUT2D eigenvalue weighted by atomic mass is 14.9. The Morgan fingerprint density at radius 2 is 2.00 bits per heavy atom. The number of hydrogen-bond donors (Lipinski definition) is 1. The van der Waals surface area contributed by atoms with E-state index in [0.717, 1.165) is 0 Å². The Bertz CT molecular complexity index is 248. The van der Waals surface area contributed by atoms with Gasteiger partial charge in [0.25, 0.3) is 0 Å². The van der Waals surface area contributed by atoms with Gasteiger partial charge in [-0.15, -0.1) is 0 Å². The van der Waals surface area contributed by atoms with Crippen molar-refractivity contribution in [1.82, 2.24) is 15.3 Å². The molecule has 1 rings (SSSR count). The Kier molecular flexibility index (Phi) is 4.53. The van der Waals surface area contributed by atoms with Crippen molar-refractivity contribution in [2.45, 2.75) is 32.7 Å². The van der Waals surface area contributed by atoms with Gasteiger partial charge in [0.05, 0.1) is 0 Å². The first kappa shape index (κ1) is 11.1. The molecule has 0 aromatic carbocycles. The van der Waals surface area contributed by atoms with Crippen LogP contribution in [0.15, 0.2) is 18.7 Å². The minimum atomic E-state index is 0.371. The fourth-order valence-electron chi connectivity index (χ4n) is 1.87. The van der Waals surface area contributed by atoms with Crippen LogP contribution in [-0.2, 0) is 0 Å². The molecule has 1 heterocycles. The van der Waals surface area contributed by atoms with Gasteiger partial charge < -0.3 is 5.32 Å². The summed E-state index contributed by atoms with van der Waals surface area (Å²) in [6.07, 6.45) is 7.79. The van der Waals surface area contributed by atoms with E-state index in [2.05, 4.69) is 29.1 Å². The lowest BCUT2D eigenvalue weighted by atomic mass is 9.93. The lowest BCUT2D eigenvalue weighted by Crippen LogP contribution is -2.23. The van der Waals surface area contributed by atoms with Gasteiger partial charge in [-0.2, -0.15) is 0 Å². The van der Waals surface area contributed by atoms with Crippen LogP contribution in [0.25, 0.3) is 0 Å². The number of aromatic nitrogens is 2. The van der Waals surface area contributed by atoms with Crippen molar-refractivity contribution >= 4 is 0 Å². The summed E-state index contributed by atoms with van der Waals surface area (Å²) in [5, 5.41) is 3.32. The van der Waals surface area contributed by atoms with Gasteiger partial charge in [0.2, 0.25) is 0 Å². The molecule has 1 aromatic heterocycles. The van der Waals surface area contributed by atoms with Gasteiger partial charge in [-0.3, -0.25) is 0 Å². The number of hydrogen-bond acceptors (Lipinski definition) is 3. The molecule has 0 aliphatic heterocycles. The molecule has 2 atom stereocenters. The summed E-state index contributed by atoms with van der Waals surface area (Å²) in [4.78, 5) is 8.09. The zero-order chi connectivity index (χ0) is 10.4. The van der Waals surface area contributed by atoms with Crippen LogP contribution in [0.4, 0.5) is 0 Å². The van der Waals surface area contributed by atoms with Crippen molar-refractivity contribution in [3.63, 3.8) is 0 Å². The SMILES string of the molecule is CCCC(C)C(NC)c1cncnc1. The minimum Gasteiger partial charge on any atom is -0.313 e. The molecule has 0 saturated heterocycles. The summed E-state index contributed by atoms with van der Waals surface area (Å²) in [5.41, 5.74) is 1.18. The first-order valence-electron chi connectivity index (χ1n) is 5.21. The lowest BCUT2D eigenvalue weighted by molar-refractivity contribution is 0.382. The lowest BCUT2D eigenvalue weighted by Gasteiger charge is -2.22. The van der Waals surface area contributed by atoms with Crippen molar-refractivity contribution in [2.75, 3.05) is 7.05 Å². The van der Waals surface area contributed by atoms with Crippen molar-refractivity contribution in [3.8, 4) is 0 Å². The van der Waals surface area contributed by atoms with E-state index >= 15 is 0 Å². The zero-order valence-corrected chi connectivity index (χ0v) is 9.20. The van der Waals surface area contributed by atoms with Crippen molar-refractivity contribution in [3.05, 3.63) is 24.3 Å². The Hall–Kier alpha value is -0.960. The monoisotopic (exact) mass is 193 g/mol. The third kappa shape index (κ3) is 2.77. The highest BCUT2D eigenvalue weighted by Crippen LogP contribution is 2.23. The Morgan fingerprint density at radius 1 is 1.36 bits per heavy atom. The third-order valence-electron chi connectivity index (χ3n) is 2.56. The molecule has 1 aromatic rings. The van der Waals surface area contributed by atoms with Crippen LogP contribution in [0.3, 0.4) is 0 Å². The number of nitrogens with one attached hydrogen (secondary N) is 1. The van der Waals surface area contributed by atoms with Crippen LogP contribution in [0.5, 0.6) is 0 Å². The van der Waals surface area contributed by atoms with Crippen molar-refractivity contribution < 1.29 is 0 Å². The summed E-state index contributed by atoms with van der Waals surface area (Å²) in [6.45, 7) is 4.47. The van der Waals surface area contributed by atoms with E-state index in [1.165, 1.54) is 18.4 Å². The van der Waals surface area contributed by atoms with E-state index in [-0.39, 0.29) is 0 Å². The number of nitrogens with zero attached hydrogens (tertiary/aromatic N) is 2. The topological polar surface area (TPSA) is 37.8 Å². The van der Waals surface area contributed by atoms with Crippen LogP contribution in [-0.4, -0.2) is 17.0 Å². The molecule has 0 radical (unpaired) electrons. The molecule has 0 bridgehead atoms. The third-order valence-corrected chi connectivity index (χ3v) is 2.56. The quantitative estimate of drug-likeness (QED) is 0.778. The molecule has 0 fully saturated rings. The fraction of sp³-hybridized carbons (Fsp3) is 0.636. The predicted molar refractivity (Wildman–Crippen MR) is 57.9 cm³/mol. The van der Waals surface area contributed by atoms with Gasteiger partial charge in [-0.25, -0.2) is 9.97 Å². The van der Waals surface area contributed by atoms with Crippen LogP contribution in [0, 0.1) is 5.92 Å². The van der Waals surface area contributed by atoms with E-state index in [0.29, 0.717) is 12.0 Å². The maximum atomic E-state index is 4.04. The first-order valence-corrected chi connectivity index (χ1v) is 5.21. The molecule has 0 aliphatic carbocycles. The average molecular weight is 193 g/mol. The molecule has 0 spiro atoms. The second-order valence-corrected chi connectivity index (χ2v) is 3.70. The van der Waals surface area contributed by atoms with Crippen LogP contribution < -0.4 is 5.32 Å². The van der Waals surface area contributed by atoms with Gasteiger partial charge >= 0.3 is 0 Å². The second-order valence-electron chi connectivity index (χ2n) is 3.70. The van der Waals surface area contributed by atoms with E-state index in [1.54, 1.807) is 6.33 Å². The molecule has 14 heavy (non-hydrogen) atoms. The van der Waals surface area contributed by atoms with E-state index in [9.17, 15) is 0 Å². The smallest absolute Gasteiger partial charge is 0.115 e. The van der Waals surface area contributed by atoms with Gasteiger partial charge in [-0.05, 0) is 19.4 Å². The summed E-state index contributed by atoms with van der Waals surface area (Å²) in [6, 6.07) is 0.371. The molecule has 0 saturated carbocycles. The minimum absolute atomic E-state index is 0.371. The molecule has 2 unspecified atom stereocenters. The second kappa shape index (κ2) is 5.70. The summed E-state index contributed by atoms with van der Waals surface area (Å²) >= 11 is 0. The Morgan fingerprint density at radius 3 is 2.50 bits per heavy atom. The number of rotatable bonds is 5. The molecule has 78 valence electrons. The normalized spacial score (nSPS) is 15.1. The zero-order valence-electron chi connectivity index (χ0n) is 9.20. The van der Waals surface area contributed by atoms with Crippen LogP contribution >= 0.6 is 0 Å². The van der Waals surface area contributed by atoms with Gasteiger partial charge in [-0.1, -0.05) is 20.3 Å². The average Bonchev–Trinajstić information content (AvgIpc) is 2.21. The van der Waals surface area contributed by atoms with Crippen molar-refractivity contribution in [2.24, 2.45) is 5.92 Å².